The van der Waals surface area contributed by atoms with Crippen LogP contribution in [0.3, 0.4) is 0 Å². The molecule has 0 amide bonds. The van der Waals surface area contributed by atoms with Gasteiger partial charge in [-0.3, -0.25) is 4.79 Å². The largest absolute Gasteiger partial charge is 0.457 e. The summed E-state index contributed by atoms with van der Waals surface area (Å²) in [6.07, 6.45) is 1.83. The molecule has 0 saturated carbocycles. The van der Waals surface area contributed by atoms with Gasteiger partial charge < -0.3 is 4.74 Å². The standard InChI is InChI=1S/C23H14BrN3O2S/c24-17-11-9-16(10-12-17)21-25-23-27(26-21)22(28)20(30-23)14-15-5-4-8-19(13-15)29-18-6-2-1-3-7-18/h1-14H/b20-14-. The molecule has 0 spiro atoms. The molecule has 0 radical (unpaired) electrons. The third-order valence-electron chi connectivity index (χ3n) is 4.42. The number of nitrogens with zero attached hydrogens (tertiary/aromatic N) is 3. The highest BCUT2D eigenvalue weighted by atomic mass is 79.9. The first-order valence-corrected chi connectivity index (χ1v) is 10.8. The predicted molar refractivity (Wildman–Crippen MR) is 122 cm³/mol. The Morgan fingerprint density at radius 2 is 1.70 bits per heavy atom. The molecule has 30 heavy (non-hydrogen) atoms. The third kappa shape index (κ3) is 3.77. The van der Waals surface area contributed by atoms with Crippen molar-refractivity contribution in [2.75, 3.05) is 0 Å². The van der Waals surface area contributed by atoms with E-state index in [1.165, 1.54) is 15.9 Å². The van der Waals surface area contributed by atoms with Crippen LogP contribution >= 0.6 is 27.3 Å². The van der Waals surface area contributed by atoms with Crippen molar-refractivity contribution in [3.8, 4) is 22.9 Å². The summed E-state index contributed by atoms with van der Waals surface area (Å²) in [4.78, 5) is 17.9. The SMILES string of the molecule is O=c1/c(=C/c2cccc(Oc3ccccc3)c2)sc2nc(-c3ccc(Br)cc3)nn12. The highest BCUT2D eigenvalue weighted by Gasteiger charge is 2.12. The Morgan fingerprint density at radius 3 is 2.47 bits per heavy atom. The Kier molecular flexibility index (Phi) is 4.90. The molecule has 5 aromatic rings. The normalized spacial score (nSPS) is 11.8. The quantitative estimate of drug-likeness (QED) is 0.370. The zero-order valence-corrected chi connectivity index (χ0v) is 17.9. The molecular weight excluding hydrogens is 462 g/mol. The van der Waals surface area contributed by atoms with Gasteiger partial charge in [0, 0.05) is 10.0 Å². The van der Waals surface area contributed by atoms with E-state index in [1.807, 2.05) is 84.9 Å². The Morgan fingerprint density at radius 1 is 0.933 bits per heavy atom. The first kappa shape index (κ1) is 18.7. The first-order chi connectivity index (χ1) is 14.7. The van der Waals surface area contributed by atoms with Crippen molar-refractivity contribution in [2.45, 2.75) is 0 Å². The summed E-state index contributed by atoms with van der Waals surface area (Å²) in [6.45, 7) is 0. The van der Waals surface area contributed by atoms with Gasteiger partial charge in [0.15, 0.2) is 5.82 Å². The van der Waals surface area contributed by atoms with Crippen LogP contribution < -0.4 is 14.8 Å². The fraction of sp³-hybridized carbons (Fsp3) is 0. The van der Waals surface area contributed by atoms with E-state index in [0.717, 1.165) is 21.3 Å². The predicted octanol–water partition coefficient (Wildman–Crippen LogP) is 4.92. The topological polar surface area (TPSA) is 56.5 Å². The van der Waals surface area contributed by atoms with E-state index in [2.05, 4.69) is 26.0 Å². The van der Waals surface area contributed by atoms with Crippen molar-refractivity contribution >= 4 is 38.3 Å². The monoisotopic (exact) mass is 475 g/mol. The first-order valence-electron chi connectivity index (χ1n) is 9.16. The lowest BCUT2D eigenvalue weighted by molar-refractivity contribution is 0.482. The molecule has 3 aromatic carbocycles. The van der Waals surface area contributed by atoms with Gasteiger partial charge in [0.1, 0.15) is 11.5 Å². The number of thiazole rings is 1. The van der Waals surface area contributed by atoms with Crippen LogP contribution in [0.1, 0.15) is 5.56 Å². The zero-order valence-electron chi connectivity index (χ0n) is 15.5. The van der Waals surface area contributed by atoms with Crippen LogP contribution in [-0.2, 0) is 0 Å². The number of ether oxygens (including phenoxy) is 1. The third-order valence-corrected chi connectivity index (χ3v) is 5.91. The Labute approximate surface area is 184 Å². The molecule has 0 bridgehead atoms. The van der Waals surface area contributed by atoms with Gasteiger partial charge in [-0.15, -0.1) is 5.10 Å². The second-order valence-electron chi connectivity index (χ2n) is 6.54. The lowest BCUT2D eigenvalue weighted by Crippen LogP contribution is -2.23. The second-order valence-corrected chi connectivity index (χ2v) is 8.46. The Bertz CT molecular complexity index is 1440. The molecule has 0 unspecified atom stereocenters. The van der Waals surface area contributed by atoms with Crippen molar-refractivity contribution in [1.29, 1.82) is 0 Å². The number of halogens is 1. The van der Waals surface area contributed by atoms with Crippen molar-refractivity contribution < 1.29 is 4.74 Å². The summed E-state index contributed by atoms with van der Waals surface area (Å²) in [6, 6.07) is 24.9. The smallest absolute Gasteiger partial charge is 0.291 e. The van der Waals surface area contributed by atoms with Crippen LogP contribution in [0.2, 0.25) is 0 Å². The average Bonchev–Trinajstić information content (AvgIpc) is 3.29. The molecule has 146 valence electrons. The molecular formula is C23H14BrN3O2S. The number of rotatable bonds is 4. The minimum atomic E-state index is -0.180. The van der Waals surface area contributed by atoms with Crippen LogP contribution in [-0.4, -0.2) is 14.6 Å². The van der Waals surface area contributed by atoms with Gasteiger partial charge >= 0.3 is 0 Å². The average molecular weight is 476 g/mol. The molecule has 5 nitrogen and oxygen atoms in total. The van der Waals surface area contributed by atoms with E-state index in [0.29, 0.717) is 21.1 Å². The van der Waals surface area contributed by atoms with E-state index >= 15 is 0 Å². The highest BCUT2D eigenvalue weighted by molar-refractivity contribution is 9.10. The minimum absolute atomic E-state index is 0.180. The molecule has 0 N–H and O–H groups in total. The zero-order chi connectivity index (χ0) is 20.5. The van der Waals surface area contributed by atoms with Gasteiger partial charge in [-0.05, 0) is 48.0 Å². The Hall–Kier alpha value is -3.29. The fourth-order valence-corrected chi connectivity index (χ4v) is 4.17. The lowest BCUT2D eigenvalue weighted by Gasteiger charge is -2.05. The van der Waals surface area contributed by atoms with Crippen LogP contribution in [0.4, 0.5) is 0 Å². The number of para-hydroxylation sites is 1. The highest BCUT2D eigenvalue weighted by Crippen LogP contribution is 2.22. The van der Waals surface area contributed by atoms with E-state index < -0.39 is 0 Å². The molecule has 0 atom stereocenters. The van der Waals surface area contributed by atoms with Gasteiger partial charge in [-0.2, -0.15) is 9.50 Å². The molecule has 2 aromatic heterocycles. The van der Waals surface area contributed by atoms with Gasteiger partial charge in [0.2, 0.25) is 4.96 Å². The van der Waals surface area contributed by atoms with Gasteiger partial charge in [0.05, 0.1) is 4.53 Å². The molecule has 0 saturated heterocycles. The summed E-state index contributed by atoms with van der Waals surface area (Å²) >= 11 is 4.73. The van der Waals surface area contributed by atoms with Crippen LogP contribution in [0.25, 0.3) is 22.4 Å². The summed E-state index contributed by atoms with van der Waals surface area (Å²) in [5.74, 6) is 2.01. The van der Waals surface area contributed by atoms with Crippen LogP contribution in [0, 0.1) is 0 Å². The van der Waals surface area contributed by atoms with Crippen molar-refractivity contribution in [1.82, 2.24) is 14.6 Å². The molecule has 7 heteroatoms. The van der Waals surface area contributed by atoms with E-state index in [4.69, 9.17) is 4.74 Å². The maximum atomic E-state index is 12.8. The number of aromatic nitrogens is 3. The lowest BCUT2D eigenvalue weighted by atomic mass is 10.2. The summed E-state index contributed by atoms with van der Waals surface area (Å²) in [5, 5.41) is 4.39. The van der Waals surface area contributed by atoms with Crippen LogP contribution in [0.5, 0.6) is 11.5 Å². The minimum Gasteiger partial charge on any atom is -0.457 e. The maximum absolute atomic E-state index is 12.8. The number of benzene rings is 3. The van der Waals surface area contributed by atoms with E-state index in [-0.39, 0.29) is 5.56 Å². The molecule has 0 aliphatic carbocycles. The van der Waals surface area contributed by atoms with Gasteiger partial charge in [-0.1, -0.05) is 69.7 Å². The fourth-order valence-electron chi connectivity index (χ4n) is 3.00. The molecule has 2 heterocycles. The molecule has 0 aliphatic heterocycles. The second kappa shape index (κ2) is 7.85. The maximum Gasteiger partial charge on any atom is 0.291 e. The summed E-state index contributed by atoms with van der Waals surface area (Å²) in [5.41, 5.74) is 1.56. The number of hydrogen-bond donors (Lipinski definition) is 0. The van der Waals surface area contributed by atoms with Gasteiger partial charge in [0.25, 0.3) is 5.56 Å². The summed E-state index contributed by atoms with van der Waals surface area (Å²) < 4.78 is 8.79. The number of fused-ring (bicyclic) bond motifs is 1. The van der Waals surface area contributed by atoms with Crippen molar-refractivity contribution in [3.63, 3.8) is 0 Å². The van der Waals surface area contributed by atoms with Crippen molar-refractivity contribution in [3.05, 3.63) is 104 Å². The van der Waals surface area contributed by atoms with Gasteiger partial charge in [-0.25, -0.2) is 0 Å². The Balaban J connectivity index is 1.48. The molecule has 5 rings (SSSR count). The van der Waals surface area contributed by atoms with E-state index in [1.54, 1.807) is 0 Å². The van der Waals surface area contributed by atoms with E-state index in [9.17, 15) is 4.79 Å². The van der Waals surface area contributed by atoms with Crippen molar-refractivity contribution in [2.24, 2.45) is 0 Å². The number of hydrogen-bond acceptors (Lipinski definition) is 5. The molecule has 0 fully saturated rings. The van der Waals surface area contributed by atoms with Crippen LogP contribution in [0.15, 0.2) is 88.1 Å². The summed E-state index contributed by atoms with van der Waals surface area (Å²) in [7, 11) is 0. The molecule has 0 aliphatic rings.